The van der Waals surface area contributed by atoms with Crippen LogP contribution in [0.4, 0.5) is 36.4 Å². The third-order valence-corrected chi connectivity index (χ3v) is 6.68. The molecule has 38 heavy (non-hydrogen) atoms. The molecule has 15 heteroatoms. The number of H-pyrrole nitrogens is 1. The van der Waals surface area contributed by atoms with Gasteiger partial charge in [-0.3, -0.25) is 9.89 Å². The zero-order chi connectivity index (χ0) is 28.0. The lowest BCUT2D eigenvalue weighted by Crippen LogP contribution is -2.47. The van der Waals surface area contributed by atoms with Gasteiger partial charge in [0.05, 0.1) is 23.8 Å². The summed E-state index contributed by atoms with van der Waals surface area (Å²) in [5.74, 6) is -7.59. The molecule has 8 nitrogen and oxygen atoms in total. The molecule has 2 aromatic heterocycles. The van der Waals surface area contributed by atoms with Crippen LogP contribution in [0.3, 0.4) is 0 Å². The van der Waals surface area contributed by atoms with Crippen molar-refractivity contribution in [3.63, 3.8) is 0 Å². The first-order valence-electron chi connectivity index (χ1n) is 11.2. The maximum absolute atomic E-state index is 14.9. The number of amides is 1. The van der Waals surface area contributed by atoms with Crippen LogP contribution in [0.1, 0.15) is 43.1 Å². The summed E-state index contributed by atoms with van der Waals surface area (Å²) in [5, 5.41) is 12.0. The van der Waals surface area contributed by atoms with Gasteiger partial charge in [-0.15, -0.1) is 0 Å². The van der Waals surface area contributed by atoms with Gasteiger partial charge in [-0.2, -0.15) is 36.5 Å². The third kappa shape index (κ3) is 4.81. The normalized spacial score (nSPS) is 23.7. The Hall–Kier alpha value is -3.62. The summed E-state index contributed by atoms with van der Waals surface area (Å²) in [6.45, 7) is -0.136. The van der Waals surface area contributed by atoms with Gasteiger partial charge in [0.25, 0.3) is 5.91 Å². The maximum atomic E-state index is 14.9. The van der Waals surface area contributed by atoms with Crippen molar-refractivity contribution in [2.45, 2.75) is 57.7 Å². The van der Waals surface area contributed by atoms with Gasteiger partial charge in [-0.05, 0) is 19.9 Å². The van der Waals surface area contributed by atoms with E-state index in [0.29, 0.717) is 11.6 Å². The molecule has 206 valence electrons. The van der Waals surface area contributed by atoms with Crippen LogP contribution < -0.4 is 10.1 Å². The molecule has 1 amide bonds. The predicted molar refractivity (Wildman–Crippen MR) is 117 cm³/mol. The molecule has 3 heterocycles. The second-order valence-electron chi connectivity index (χ2n) is 9.01. The Kier molecular flexibility index (Phi) is 7.16. The highest BCUT2D eigenvalue weighted by atomic mass is 19.4. The first kappa shape index (κ1) is 27.4. The predicted octanol–water partition coefficient (Wildman–Crippen LogP) is 5.25. The second-order valence-corrected chi connectivity index (χ2v) is 9.01. The number of aryl methyl sites for hydroxylation is 1. The standard InChI is InChI=1S/C23H22F7N5O3/c1-10-16(13-4-5-14(24)17(25)18(13)37-9-12-6-31-32-7-12)19(38-22(10,3)23(28,29)30)20(36)33-15-8-35(21(26)27)34-11(15)2/h4-8,10,16,19,21H,9H2,1-3H3,(H,31,32)(H,33,36)/t10-,16-,19+,22+/m0/s1. The number of benzene rings is 1. The lowest BCUT2D eigenvalue weighted by atomic mass is 9.77. The van der Waals surface area contributed by atoms with Crippen LogP contribution in [0.2, 0.25) is 0 Å². The lowest BCUT2D eigenvalue weighted by molar-refractivity contribution is -0.272. The van der Waals surface area contributed by atoms with E-state index in [9.17, 15) is 35.5 Å². The number of carbonyl (C=O) groups is 1. The Morgan fingerprint density at radius 2 is 2.03 bits per heavy atom. The van der Waals surface area contributed by atoms with Crippen molar-refractivity contribution in [2.75, 3.05) is 5.32 Å². The van der Waals surface area contributed by atoms with Crippen LogP contribution in [-0.4, -0.2) is 43.8 Å². The first-order valence-corrected chi connectivity index (χ1v) is 11.2. The second kappa shape index (κ2) is 9.93. The zero-order valence-corrected chi connectivity index (χ0v) is 20.1. The van der Waals surface area contributed by atoms with Crippen LogP contribution >= 0.6 is 0 Å². The first-order chi connectivity index (χ1) is 17.7. The Bertz CT molecular complexity index is 1310. The van der Waals surface area contributed by atoms with E-state index >= 15 is 0 Å². The fourth-order valence-electron chi connectivity index (χ4n) is 4.40. The third-order valence-electron chi connectivity index (χ3n) is 6.68. The number of hydrogen-bond acceptors (Lipinski definition) is 5. The highest BCUT2D eigenvalue weighted by Gasteiger charge is 2.66. The highest BCUT2D eigenvalue weighted by Crippen LogP contribution is 2.55. The van der Waals surface area contributed by atoms with Crippen molar-refractivity contribution in [1.29, 1.82) is 0 Å². The number of halogens is 7. The molecule has 4 rings (SSSR count). The molecular weight excluding hydrogens is 527 g/mol. The number of anilines is 1. The minimum absolute atomic E-state index is 0.0308. The lowest BCUT2D eigenvalue weighted by Gasteiger charge is -2.32. The minimum atomic E-state index is -4.97. The Morgan fingerprint density at radius 1 is 1.32 bits per heavy atom. The summed E-state index contributed by atoms with van der Waals surface area (Å²) >= 11 is 0. The summed E-state index contributed by atoms with van der Waals surface area (Å²) in [5.41, 5.74) is -2.91. The number of hydrogen-bond donors (Lipinski definition) is 2. The summed E-state index contributed by atoms with van der Waals surface area (Å²) in [6.07, 6.45) is -3.29. The molecule has 4 atom stereocenters. The van der Waals surface area contributed by atoms with Gasteiger partial charge in [0.1, 0.15) is 12.7 Å². The van der Waals surface area contributed by atoms with Crippen molar-refractivity contribution < 1.29 is 45.0 Å². The monoisotopic (exact) mass is 549 g/mol. The van der Waals surface area contributed by atoms with E-state index in [1.54, 1.807) is 0 Å². The van der Waals surface area contributed by atoms with E-state index in [-0.39, 0.29) is 28.2 Å². The number of aromatic amines is 1. The van der Waals surface area contributed by atoms with Gasteiger partial charge < -0.3 is 14.8 Å². The number of alkyl halides is 5. The number of aromatic nitrogens is 4. The quantitative estimate of drug-likeness (QED) is 0.393. The molecule has 0 bridgehead atoms. The highest BCUT2D eigenvalue weighted by molar-refractivity contribution is 5.95. The molecule has 0 spiro atoms. The van der Waals surface area contributed by atoms with Crippen LogP contribution in [0.5, 0.6) is 5.75 Å². The van der Waals surface area contributed by atoms with E-state index in [0.717, 1.165) is 26.1 Å². The fraction of sp³-hybridized carbons (Fsp3) is 0.435. The van der Waals surface area contributed by atoms with Gasteiger partial charge in [-0.1, -0.05) is 13.0 Å². The molecule has 1 saturated heterocycles. The minimum Gasteiger partial charge on any atom is -0.485 e. The van der Waals surface area contributed by atoms with Gasteiger partial charge in [0, 0.05) is 29.2 Å². The van der Waals surface area contributed by atoms with Crippen molar-refractivity contribution in [3.05, 3.63) is 59.2 Å². The number of ether oxygens (including phenoxy) is 2. The summed E-state index contributed by atoms with van der Waals surface area (Å²) in [7, 11) is 0. The molecule has 1 fully saturated rings. The largest absolute Gasteiger partial charge is 0.485 e. The molecule has 1 aliphatic rings. The summed E-state index contributed by atoms with van der Waals surface area (Å²) in [6, 6.07) is 1.73. The number of carbonyl (C=O) groups excluding carboxylic acids is 1. The molecule has 1 aromatic carbocycles. The SMILES string of the molecule is Cc1nn(C(F)F)cc1NC(=O)[C@@H]1O[C@@](C)(C(F)(F)F)[C@@H](C)[C@H]1c1ccc(F)c(F)c1OCc1cn[nH]c1. The van der Waals surface area contributed by atoms with Gasteiger partial charge in [0.15, 0.2) is 17.2 Å². The topological polar surface area (TPSA) is 94.1 Å². The van der Waals surface area contributed by atoms with Crippen LogP contribution in [-0.2, 0) is 16.1 Å². The number of nitrogens with zero attached hydrogens (tertiary/aromatic N) is 3. The smallest absolute Gasteiger partial charge is 0.417 e. The Balaban J connectivity index is 1.76. The maximum Gasteiger partial charge on any atom is 0.417 e. The average molecular weight is 549 g/mol. The molecule has 0 unspecified atom stereocenters. The summed E-state index contributed by atoms with van der Waals surface area (Å²) in [4.78, 5) is 13.2. The van der Waals surface area contributed by atoms with E-state index in [1.165, 1.54) is 19.3 Å². The fourth-order valence-corrected chi connectivity index (χ4v) is 4.40. The summed E-state index contributed by atoms with van der Waals surface area (Å²) < 4.78 is 109. The van der Waals surface area contributed by atoms with E-state index < -0.39 is 59.6 Å². The molecular formula is C23H22F7N5O3. The Morgan fingerprint density at radius 3 is 2.61 bits per heavy atom. The van der Waals surface area contributed by atoms with Crippen LogP contribution in [0.25, 0.3) is 0 Å². The van der Waals surface area contributed by atoms with Crippen molar-refractivity contribution >= 4 is 11.6 Å². The van der Waals surface area contributed by atoms with Gasteiger partial charge in [-0.25, -0.2) is 9.07 Å². The molecule has 0 aliphatic carbocycles. The van der Waals surface area contributed by atoms with Crippen molar-refractivity contribution in [2.24, 2.45) is 5.92 Å². The van der Waals surface area contributed by atoms with Crippen LogP contribution in [0, 0.1) is 24.5 Å². The molecule has 3 aromatic rings. The van der Waals surface area contributed by atoms with Gasteiger partial charge in [0.2, 0.25) is 5.82 Å². The van der Waals surface area contributed by atoms with Gasteiger partial charge >= 0.3 is 12.7 Å². The Labute approximate surface area is 211 Å². The van der Waals surface area contributed by atoms with Crippen LogP contribution in [0.15, 0.2) is 30.7 Å². The van der Waals surface area contributed by atoms with E-state index in [4.69, 9.17) is 9.47 Å². The van der Waals surface area contributed by atoms with Crippen molar-refractivity contribution in [1.82, 2.24) is 20.0 Å². The number of nitrogens with one attached hydrogen (secondary N) is 2. The molecule has 1 aliphatic heterocycles. The zero-order valence-electron chi connectivity index (χ0n) is 20.1. The average Bonchev–Trinajstić information content (AvgIpc) is 3.55. The van der Waals surface area contributed by atoms with E-state index in [2.05, 4.69) is 20.6 Å². The van der Waals surface area contributed by atoms with Crippen molar-refractivity contribution in [3.8, 4) is 5.75 Å². The number of rotatable bonds is 7. The molecule has 0 saturated carbocycles. The molecule has 0 radical (unpaired) electrons. The molecule has 2 N–H and O–H groups in total. The van der Waals surface area contributed by atoms with E-state index in [1.807, 2.05) is 0 Å².